The summed E-state index contributed by atoms with van der Waals surface area (Å²) in [5, 5.41) is 3.33. The summed E-state index contributed by atoms with van der Waals surface area (Å²) in [5.74, 6) is 2.95. The zero-order chi connectivity index (χ0) is 8.97. The number of ether oxygens (including phenoxy) is 1. The van der Waals surface area contributed by atoms with E-state index in [-0.39, 0.29) is 0 Å². The maximum Gasteiger partial charge on any atom is 0.0820 e. The van der Waals surface area contributed by atoms with E-state index in [0.29, 0.717) is 18.1 Å². The van der Waals surface area contributed by atoms with Crippen LogP contribution in [-0.2, 0) is 4.74 Å². The van der Waals surface area contributed by atoms with Crippen LogP contribution in [0.1, 0.15) is 13.8 Å². The van der Waals surface area contributed by atoms with E-state index in [1.54, 1.807) is 0 Å². The van der Waals surface area contributed by atoms with Crippen LogP contribution in [-0.4, -0.2) is 37.3 Å². The Bertz CT molecular complexity index is 124. The molecule has 0 aliphatic carbocycles. The topological polar surface area (TPSA) is 21.3 Å². The second kappa shape index (κ2) is 5.10. The molecule has 1 aliphatic heterocycles. The maximum absolute atomic E-state index is 5.71. The van der Waals surface area contributed by atoms with Crippen LogP contribution in [0.2, 0.25) is 0 Å². The quantitative estimate of drug-likeness (QED) is 0.724. The molecule has 0 radical (unpaired) electrons. The van der Waals surface area contributed by atoms with Gasteiger partial charge in [-0.05, 0) is 13.0 Å². The van der Waals surface area contributed by atoms with Gasteiger partial charge in [-0.2, -0.15) is 11.8 Å². The van der Waals surface area contributed by atoms with E-state index in [4.69, 9.17) is 4.74 Å². The zero-order valence-electron chi connectivity index (χ0n) is 8.17. The van der Waals surface area contributed by atoms with Gasteiger partial charge in [-0.1, -0.05) is 13.8 Å². The van der Waals surface area contributed by atoms with Gasteiger partial charge in [-0.3, -0.25) is 0 Å². The summed E-state index contributed by atoms with van der Waals surface area (Å²) in [6, 6.07) is 0.512. The van der Waals surface area contributed by atoms with Crippen molar-refractivity contribution in [1.29, 1.82) is 0 Å². The molecule has 0 saturated carbocycles. The molecule has 1 fully saturated rings. The first-order chi connectivity index (χ1) is 5.75. The predicted molar refractivity (Wildman–Crippen MR) is 54.8 cm³/mol. The Kier molecular flexibility index (Phi) is 4.40. The van der Waals surface area contributed by atoms with Gasteiger partial charge in [0, 0.05) is 17.5 Å². The van der Waals surface area contributed by atoms with Crippen molar-refractivity contribution < 1.29 is 4.74 Å². The summed E-state index contributed by atoms with van der Waals surface area (Å²) >= 11 is 2.00. The first-order valence-corrected chi connectivity index (χ1v) is 5.77. The number of nitrogens with one attached hydrogen (secondary N) is 1. The van der Waals surface area contributed by atoms with Crippen molar-refractivity contribution in [2.75, 3.05) is 25.2 Å². The van der Waals surface area contributed by atoms with Crippen molar-refractivity contribution in [3.05, 3.63) is 0 Å². The molecule has 2 atom stereocenters. The fourth-order valence-corrected chi connectivity index (χ4v) is 2.58. The minimum atomic E-state index is 0.411. The minimum absolute atomic E-state index is 0.411. The number of hydrogen-bond acceptors (Lipinski definition) is 3. The number of likely N-dealkylation sites (N-methyl/N-ethyl adjacent to an activating group) is 1. The molecule has 12 heavy (non-hydrogen) atoms. The largest absolute Gasteiger partial charge is 0.375 e. The normalized spacial score (nSPS) is 27.5. The van der Waals surface area contributed by atoms with Crippen molar-refractivity contribution in [2.45, 2.75) is 26.0 Å². The van der Waals surface area contributed by atoms with Crippen LogP contribution in [0.15, 0.2) is 0 Å². The van der Waals surface area contributed by atoms with Crippen LogP contribution in [0.3, 0.4) is 0 Å². The molecule has 72 valence electrons. The van der Waals surface area contributed by atoms with Crippen LogP contribution >= 0.6 is 11.8 Å². The van der Waals surface area contributed by atoms with Crippen LogP contribution in [0.4, 0.5) is 0 Å². The molecule has 0 bridgehead atoms. The molecule has 0 amide bonds. The minimum Gasteiger partial charge on any atom is -0.375 e. The highest BCUT2D eigenvalue weighted by molar-refractivity contribution is 7.99. The Balaban J connectivity index is 2.40. The average Bonchev–Trinajstić information content (AvgIpc) is 2.07. The fraction of sp³-hybridized carbons (Fsp3) is 1.00. The Morgan fingerprint density at radius 1 is 1.50 bits per heavy atom. The third kappa shape index (κ3) is 2.64. The molecule has 1 heterocycles. The molecule has 1 rings (SSSR count). The molecule has 1 saturated heterocycles. The monoisotopic (exact) mass is 189 g/mol. The molecule has 3 heteroatoms. The highest BCUT2D eigenvalue weighted by atomic mass is 32.2. The van der Waals surface area contributed by atoms with E-state index >= 15 is 0 Å². The average molecular weight is 189 g/mol. The third-order valence-corrected chi connectivity index (χ3v) is 3.31. The van der Waals surface area contributed by atoms with Crippen molar-refractivity contribution in [3.63, 3.8) is 0 Å². The van der Waals surface area contributed by atoms with Gasteiger partial charge in [0.1, 0.15) is 0 Å². The third-order valence-electron chi connectivity index (χ3n) is 2.29. The molecular formula is C9H19NOS. The number of rotatable bonds is 3. The molecular weight excluding hydrogens is 170 g/mol. The number of hydrogen-bond donors (Lipinski definition) is 1. The van der Waals surface area contributed by atoms with E-state index in [9.17, 15) is 0 Å². The van der Waals surface area contributed by atoms with Gasteiger partial charge in [-0.25, -0.2) is 0 Å². The van der Waals surface area contributed by atoms with E-state index in [1.165, 1.54) is 0 Å². The Hall–Kier alpha value is 0.270. The standard InChI is InChI=1S/C9H19NOS/c1-7(2)9(10-3)8-6-12-5-4-11-8/h7-10H,4-6H2,1-3H3. The summed E-state index contributed by atoms with van der Waals surface area (Å²) in [6.07, 6.45) is 0.411. The van der Waals surface area contributed by atoms with Gasteiger partial charge in [0.25, 0.3) is 0 Å². The van der Waals surface area contributed by atoms with Gasteiger partial charge in [0.15, 0.2) is 0 Å². The summed E-state index contributed by atoms with van der Waals surface area (Å²) in [7, 11) is 2.02. The van der Waals surface area contributed by atoms with Gasteiger partial charge in [0.2, 0.25) is 0 Å². The van der Waals surface area contributed by atoms with Gasteiger partial charge < -0.3 is 10.1 Å². The molecule has 0 aromatic rings. The van der Waals surface area contributed by atoms with Crippen molar-refractivity contribution in [2.24, 2.45) is 5.92 Å². The SMILES string of the molecule is CNC(C(C)C)C1CSCCO1. The molecule has 1 aliphatic rings. The van der Waals surface area contributed by atoms with Crippen molar-refractivity contribution in [3.8, 4) is 0 Å². The Morgan fingerprint density at radius 3 is 2.67 bits per heavy atom. The van der Waals surface area contributed by atoms with E-state index < -0.39 is 0 Å². The van der Waals surface area contributed by atoms with Crippen molar-refractivity contribution in [1.82, 2.24) is 5.32 Å². The highest BCUT2D eigenvalue weighted by Gasteiger charge is 2.25. The molecule has 0 aromatic heterocycles. The first-order valence-electron chi connectivity index (χ1n) is 4.62. The van der Waals surface area contributed by atoms with Gasteiger partial charge in [-0.15, -0.1) is 0 Å². The second-order valence-corrected chi connectivity index (χ2v) is 4.69. The molecule has 1 N–H and O–H groups in total. The lowest BCUT2D eigenvalue weighted by Crippen LogP contribution is -2.46. The Labute approximate surface area is 79.4 Å². The molecule has 2 unspecified atom stereocenters. The summed E-state index contributed by atoms with van der Waals surface area (Å²) in [4.78, 5) is 0. The van der Waals surface area contributed by atoms with Crippen molar-refractivity contribution >= 4 is 11.8 Å². The molecule has 2 nitrogen and oxygen atoms in total. The van der Waals surface area contributed by atoms with Gasteiger partial charge in [0.05, 0.1) is 12.7 Å². The van der Waals surface area contributed by atoms with Crippen LogP contribution in [0.5, 0.6) is 0 Å². The zero-order valence-corrected chi connectivity index (χ0v) is 8.99. The van der Waals surface area contributed by atoms with Crippen LogP contribution in [0.25, 0.3) is 0 Å². The lowest BCUT2D eigenvalue weighted by Gasteiger charge is -2.32. The van der Waals surface area contributed by atoms with E-state index in [0.717, 1.165) is 18.1 Å². The van der Waals surface area contributed by atoms with Gasteiger partial charge >= 0.3 is 0 Å². The summed E-state index contributed by atoms with van der Waals surface area (Å²) < 4.78 is 5.71. The lowest BCUT2D eigenvalue weighted by atomic mass is 10.00. The first kappa shape index (κ1) is 10.4. The molecule has 0 aromatic carbocycles. The number of thioether (sulfide) groups is 1. The second-order valence-electron chi connectivity index (χ2n) is 3.54. The highest BCUT2D eigenvalue weighted by Crippen LogP contribution is 2.19. The fourth-order valence-electron chi connectivity index (χ4n) is 1.66. The lowest BCUT2D eigenvalue weighted by molar-refractivity contribution is 0.0367. The smallest absolute Gasteiger partial charge is 0.0820 e. The van der Waals surface area contributed by atoms with Crippen LogP contribution in [0, 0.1) is 5.92 Å². The van der Waals surface area contributed by atoms with E-state index in [1.807, 2.05) is 18.8 Å². The maximum atomic E-state index is 5.71. The molecule has 0 spiro atoms. The van der Waals surface area contributed by atoms with E-state index in [2.05, 4.69) is 19.2 Å². The summed E-state index contributed by atoms with van der Waals surface area (Å²) in [6.45, 7) is 5.40. The predicted octanol–water partition coefficient (Wildman–Crippen LogP) is 1.36. The van der Waals surface area contributed by atoms with Crippen LogP contribution < -0.4 is 5.32 Å². The Morgan fingerprint density at radius 2 is 2.25 bits per heavy atom. The summed E-state index contributed by atoms with van der Waals surface area (Å²) in [5.41, 5.74) is 0.